The van der Waals surface area contributed by atoms with Crippen LogP contribution >= 0.6 is 11.8 Å². The Bertz CT molecular complexity index is 1530. The Labute approximate surface area is 228 Å². The molecular weight excluding hydrogens is 518 g/mol. The van der Waals surface area contributed by atoms with E-state index < -0.39 is 0 Å². The van der Waals surface area contributed by atoms with E-state index in [1.165, 1.54) is 23.8 Å². The van der Waals surface area contributed by atoms with Crippen molar-refractivity contribution in [3.05, 3.63) is 77.9 Å². The van der Waals surface area contributed by atoms with Gasteiger partial charge in [-0.1, -0.05) is 23.9 Å². The molecule has 0 saturated heterocycles. The second kappa shape index (κ2) is 11.0. The number of benzene rings is 3. The standard InChI is InChI=1S/C28H25N5O5S/c1-4-32-25(17-9-11-18(12-10-17)33-26(35)20-7-5-6-8-21(20)27(33)36)30-31-28(32)39-16-24(34)29-22-15-19(37-2)13-14-23(22)38-3/h5-15H,4,16H2,1-3H3,(H,29,34). The molecule has 1 aliphatic rings. The fraction of sp³-hybridized carbons (Fsp3) is 0.179. The normalized spacial score (nSPS) is 12.4. The zero-order valence-electron chi connectivity index (χ0n) is 21.5. The lowest BCUT2D eigenvalue weighted by molar-refractivity contribution is -0.113. The Morgan fingerprint density at radius 2 is 1.62 bits per heavy atom. The lowest BCUT2D eigenvalue weighted by atomic mass is 10.1. The molecule has 198 valence electrons. The van der Waals surface area contributed by atoms with Gasteiger partial charge in [0.1, 0.15) is 11.5 Å². The summed E-state index contributed by atoms with van der Waals surface area (Å²) in [6.45, 7) is 2.54. The van der Waals surface area contributed by atoms with Crippen molar-refractivity contribution in [1.29, 1.82) is 0 Å². The first-order chi connectivity index (χ1) is 18.9. The summed E-state index contributed by atoms with van der Waals surface area (Å²) in [6.07, 6.45) is 0. The minimum Gasteiger partial charge on any atom is -0.497 e. The molecule has 0 saturated carbocycles. The number of carbonyl (C=O) groups is 3. The lowest BCUT2D eigenvalue weighted by Crippen LogP contribution is -2.29. The van der Waals surface area contributed by atoms with E-state index in [1.807, 2.05) is 11.5 Å². The lowest BCUT2D eigenvalue weighted by Gasteiger charge is -2.14. The van der Waals surface area contributed by atoms with Gasteiger partial charge in [0.25, 0.3) is 11.8 Å². The fourth-order valence-corrected chi connectivity index (χ4v) is 5.11. The molecule has 3 aromatic carbocycles. The summed E-state index contributed by atoms with van der Waals surface area (Å²) in [7, 11) is 3.08. The van der Waals surface area contributed by atoms with Gasteiger partial charge in [-0.15, -0.1) is 10.2 Å². The number of thioether (sulfide) groups is 1. The van der Waals surface area contributed by atoms with E-state index in [0.717, 1.165) is 5.56 Å². The van der Waals surface area contributed by atoms with Gasteiger partial charge in [-0.3, -0.25) is 14.4 Å². The zero-order valence-corrected chi connectivity index (χ0v) is 22.3. The molecule has 0 spiro atoms. The number of nitrogens with zero attached hydrogens (tertiary/aromatic N) is 4. The minimum atomic E-state index is -0.344. The average molecular weight is 544 g/mol. The van der Waals surface area contributed by atoms with Crippen LogP contribution in [0.3, 0.4) is 0 Å². The molecule has 0 aliphatic carbocycles. The third-order valence-electron chi connectivity index (χ3n) is 6.22. The molecule has 1 aliphatic heterocycles. The molecule has 39 heavy (non-hydrogen) atoms. The van der Waals surface area contributed by atoms with Gasteiger partial charge in [0.05, 0.1) is 42.5 Å². The number of imide groups is 1. The minimum absolute atomic E-state index is 0.108. The third kappa shape index (κ3) is 4.96. The molecule has 0 unspecified atom stereocenters. The summed E-state index contributed by atoms with van der Waals surface area (Å²) in [5, 5.41) is 12.1. The topological polar surface area (TPSA) is 116 Å². The third-order valence-corrected chi connectivity index (χ3v) is 7.19. The van der Waals surface area contributed by atoms with Crippen LogP contribution in [-0.2, 0) is 11.3 Å². The van der Waals surface area contributed by atoms with Crippen molar-refractivity contribution in [1.82, 2.24) is 14.8 Å². The molecule has 3 amide bonds. The van der Waals surface area contributed by atoms with Crippen molar-refractivity contribution in [2.75, 3.05) is 30.2 Å². The molecule has 1 aromatic heterocycles. The SMILES string of the molecule is CCn1c(SCC(=O)Nc2cc(OC)ccc2OC)nnc1-c1ccc(N2C(=O)c3ccccc3C2=O)cc1. The van der Waals surface area contributed by atoms with Gasteiger partial charge in [0.15, 0.2) is 11.0 Å². The van der Waals surface area contributed by atoms with Gasteiger partial charge < -0.3 is 19.4 Å². The molecule has 4 aromatic rings. The summed E-state index contributed by atoms with van der Waals surface area (Å²) in [5.41, 5.74) is 2.55. The van der Waals surface area contributed by atoms with Crippen molar-refractivity contribution in [2.45, 2.75) is 18.6 Å². The summed E-state index contributed by atoms with van der Waals surface area (Å²) >= 11 is 1.26. The molecule has 11 heteroatoms. The zero-order chi connectivity index (χ0) is 27.5. The number of fused-ring (bicyclic) bond motifs is 1. The van der Waals surface area contributed by atoms with Crippen LogP contribution < -0.4 is 19.7 Å². The van der Waals surface area contributed by atoms with Gasteiger partial charge in [-0.2, -0.15) is 0 Å². The maximum absolute atomic E-state index is 12.8. The van der Waals surface area contributed by atoms with E-state index in [9.17, 15) is 14.4 Å². The summed E-state index contributed by atoms with van der Waals surface area (Å²) in [6, 6.07) is 19.0. The molecule has 0 atom stereocenters. The van der Waals surface area contributed by atoms with Gasteiger partial charge in [0.2, 0.25) is 5.91 Å². The number of carbonyl (C=O) groups excluding carboxylic acids is 3. The van der Waals surface area contributed by atoms with Crippen molar-refractivity contribution in [3.8, 4) is 22.9 Å². The molecule has 10 nitrogen and oxygen atoms in total. The number of aromatic nitrogens is 3. The van der Waals surface area contributed by atoms with Gasteiger partial charge in [-0.25, -0.2) is 4.90 Å². The Morgan fingerprint density at radius 3 is 2.23 bits per heavy atom. The second-order valence-corrected chi connectivity index (χ2v) is 9.43. The number of nitrogens with one attached hydrogen (secondary N) is 1. The Balaban J connectivity index is 1.29. The first-order valence-electron chi connectivity index (χ1n) is 12.1. The van der Waals surface area contributed by atoms with E-state index in [1.54, 1.807) is 73.8 Å². The molecule has 0 bridgehead atoms. The van der Waals surface area contributed by atoms with E-state index in [0.29, 0.717) is 51.5 Å². The maximum Gasteiger partial charge on any atom is 0.266 e. The van der Waals surface area contributed by atoms with Crippen LogP contribution in [-0.4, -0.2) is 52.5 Å². The van der Waals surface area contributed by atoms with E-state index in [-0.39, 0.29) is 23.5 Å². The first-order valence-corrected chi connectivity index (χ1v) is 13.1. The predicted molar refractivity (Wildman–Crippen MR) is 148 cm³/mol. The highest BCUT2D eigenvalue weighted by molar-refractivity contribution is 7.99. The van der Waals surface area contributed by atoms with Crippen LogP contribution in [0.4, 0.5) is 11.4 Å². The molecular formula is C28H25N5O5S. The van der Waals surface area contributed by atoms with Gasteiger partial charge in [0, 0.05) is 18.2 Å². The smallest absolute Gasteiger partial charge is 0.266 e. The molecule has 2 heterocycles. The molecule has 1 N–H and O–H groups in total. The van der Waals surface area contributed by atoms with Crippen LogP contribution in [0.5, 0.6) is 11.5 Å². The number of methoxy groups -OCH3 is 2. The molecule has 5 rings (SSSR count). The predicted octanol–water partition coefficient (Wildman–Crippen LogP) is 4.51. The van der Waals surface area contributed by atoms with Crippen molar-refractivity contribution < 1.29 is 23.9 Å². The van der Waals surface area contributed by atoms with Crippen LogP contribution in [0.25, 0.3) is 11.4 Å². The highest BCUT2D eigenvalue weighted by atomic mass is 32.2. The molecule has 0 radical (unpaired) electrons. The monoisotopic (exact) mass is 543 g/mol. The highest BCUT2D eigenvalue weighted by Crippen LogP contribution is 2.32. The number of hydrogen-bond donors (Lipinski definition) is 1. The first kappa shape index (κ1) is 26.0. The van der Waals surface area contributed by atoms with Crippen molar-refractivity contribution in [3.63, 3.8) is 0 Å². The number of hydrogen-bond acceptors (Lipinski definition) is 8. The van der Waals surface area contributed by atoms with Gasteiger partial charge in [-0.05, 0) is 55.5 Å². The fourth-order valence-electron chi connectivity index (χ4n) is 4.31. The number of rotatable bonds is 9. The Kier molecular flexibility index (Phi) is 7.33. The van der Waals surface area contributed by atoms with Gasteiger partial charge >= 0.3 is 0 Å². The maximum atomic E-state index is 12.8. The van der Waals surface area contributed by atoms with Crippen LogP contribution in [0.15, 0.2) is 71.9 Å². The largest absolute Gasteiger partial charge is 0.497 e. The van der Waals surface area contributed by atoms with E-state index >= 15 is 0 Å². The quantitative estimate of drug-likeness (QED) is 0.242. The van der Waals surface area contributed by atoms with Crippen LogP contribution in [0.1, 0.15) is 27.6 Å². The van der Waals surface area contributed by atoms with Crippen LogP contribution in [0.2, 0.25) is 0 Å². The highest BCUT2D eigenvalue weighted by Gasteiger charge is 2.36. The van der Waals surface area contributed by atoms with Crippen LogP contribution in [0, 0.1) is 0 Å². The summed E-state index contributed by atoms with van der Waals surface area (Å²) < 4.78 is 12.5. The Hall–Kier alpha value is -4.64. The van der Waals surface area contributed by atoms with E-state index in [4.69, 9.17) is 9.47 Å². The number of anilines is 2. The number of ether oxygens (including phenoxy) is 2. The number of amides is 3. The Morgan fingerprint density at radius 1 is 0.923 bits per heavy atom. The van der Waals surface area contributed by atoms with Crippen molar-refractivity contribution in [2.24, 2.45) is 0 Å². The summed E-state index contributed by atoms with van der Waals surface area (Å²) in [5.74, 6) is 0.929. The second-order valence-electron chi connectivity index (χ2n) is 8.49. The molecule has 0 fully saturated rings. The average Bonchev–Trinajstić information content (AvgIpc) is 3.49. The summed E-state index contributed by atoms with van der Waals surface area (Å²) in [4.78, 5) is 39.5. The van der Waals surface area contributed by atoms with E-state index in [2.05, 4.69) is 15.5 Å². The van der Waals surface area contributed by atoms with Crippen molar-refractivity contribution >= 4 is 40.9 Å².